The molecule has 162 valence electrons. The van der Waals surface area contributed by atoms with Crippen LogP contribution in [-0.4, -0.2) is 80.8 Å². The van der Waals surface area contributed by atoms with Crippen LogP contribution in [0.4, 0.5) is 0 Å². The van der Waals surface area contributed by atoms with Crippen molar-refractivity contribution in [2.24, 2.45) is 4.99 Å². The van der Waals surface area contributed by atoms with Crippen LogP contribution in [0.5, 0.6) is 0 Å². The first-order chi connectivity index (χ1) is 14.1. The maximum atomic E-state index is 5.58. The van der Waals surface area contributed by atoms with E-state index in [-0.39, 0.29) is 0 Å². The van der Waals surface area contributed by atoms with Gasteiger partial charge in [-0.3, -0.25) is 9.89 Å². The zero-order chi connectivity index (χ0) is 20.6. The number of aliphatic imine (C=N–C) groups is 1. The van der Waals surface area contributed by atoms with Crippen molar-refractivity contribution < 1.29 is 4.74 Å². The van der Waals surface area contributed by atoms with Crippen molar-refractivity contribution >= 4 is 5.96 Å². The lowest BCUT2D eigenvalue weighted by Gasteiger charge is -2.37. The number of likely N-dealkylation sites (tertiary alicyclic amines) is 1. The average Bonchev–Trinajstić information content (AvgIpc) is 2.75. The highest BCUT2D eigenvalue weighted by molar-refractivity contribution is 5.80. The van der Waals surface area contributed by atoms with Gasteiger partial charge >= 0.3 is 0 Å². The van der Waals surface area contributed by atoms with E-state index in [0.29, 0.717) is 18.1 Å². The molecule has 3 rings (SSSR count). The zero-order valence-corrected chi connectivity index (χ0v) is 18.7. The third kappa shape index (κ3) is 6.43. The summed E-state index contributed by atoms with van der Waals surface area (Å²) in [7, 11) is 1.87. The Morgan fingerprint density at radius 3 is 2.31 bits per heavy atom. The normalized spacial score (nSPS) is 21.3. The first-order valence-corrected chi connectivity index (χ1v) is 11.2. The monoisotopic (exact) mass is 401 g/mol. The minimum Gasteiger partial charge on any atom is -0.379 e. The molecule has 0 spiro atoms. The standard InChI is InChI=1S/C23H39N5O/c1-18(2)27-11-9-21(10-12-27)26-23(24-4)25-17-22(28-13-15-29-16-14-28)20-7-5-19(3)6-8-20/h5-8,18,21-22H,9-17H2,1-4H3,(H2,24,25,26). The van der Waals surface area contributed by atoms with Crippen LogP contribution in [0.3, 0.4) is 0 Å². The Kier molecular flexibility index (Phi) is 8.33. The smallest absolute Gasteiger partial charge is 0.191 e. The minimum atomic E-state index is 0.320. The summed E-state index contributed by atoms with van der Waals surface area (Å²) < 4.78 is 5.58. The molecule has 2 fully saturated rings. The van der Waals surface area contributed by atoms with E-state index in [1.807, 2.05) is 7.05 Å². The van der Waals surface area contributed by atoms with E-state index in [1.54, 1.807) is 0 Å². The van der Waals surface area contributed by atoms with Gasteiger partial charge in [0.25, 0.3) is 0 Å². The number of rotatable bonds is 6. The van der Waals surface area contributed by atoms with Crippen molar-refractivity contribution in [2.45, 2.75) is 51.7 Å². The molecule has 6 nitrogen and oxygen atoms in total. The number of aryl methyl sites for hydroxylation is 1. The predicted octanol–water partition coefficient (Wildman–Crippen LogP) is 2.41. The molecule has 0 bridgehead atoms. The fourth-order valence-electron chi connectivity index (χ4n) is 4.28. The van der Waals surface area contributed by atoms with Gasteiger partial charge in [0, 0.05) is 51.9 Å². The quantitative estimate of drug-likeness (QED) is 0.566. The number of hydrogen-bond donors (Lipinski definition) is 2. The van der Waals surface area contributed by atoms with Crippen LogP contribution in [0.1, 0.15) is 43.9 Å². The highest BCUT2D eigenvalue weighted by atomic mass is 16.5. The molecule has 1 atom stereocenters. The second-order valence-electron chi connectivity index (χ2n) is 8.58. The van der Waals surface area contributed by atoms with Gasteiger partial charge in [0.2, 0.25) is 0 Å². The number of guanidine groups is 1. The topological polar surface area (TPSA) is 52.1 Å². The van der Waals surface area contributed by atoms with Crippen LogP contribution in [0.25, 0.3) is 0 Å². The van der Waals surface area contributed by atoms with E-state index in [0.717, 1.165) is 51.9 Å². The van der Waals surface area contributed by atoms with Crippen molar-refractivity contribution in [1.29, 1.82) is 0 Å². The van der Waals surface area contributed by atoms with E-state index in [4.69, 9.17) is 4.74 Å². The molecular weight excluding hydrogens is 362 g/mol. The minimum absolute atomic E-state index is 0.320. The molecule has 1 aromatic rings. The van der Waals surface area contributed by atoms with Crippen molar-refractivity contribution in [2.75, 3.05) is 53.0 Å². The van der Waals surface area contributed by atoms with Gasteiger partial charge in [0.05, 0.1) is 19.3 Å². The molecule has 0 aliphatic carbocycles. The molecule has 0 aromatic heterocycles. The fraction of sp³-hybridized carbons (Fsp3) is 0.696. The van der Waals surface area contributed by atoms with Gasteiger partial charge in [-0.2, -0.15) is 0 Å². The van der Waals surface area contributed by atoms with Crippen LogP contribution in [0.15, 0.2) is 29.3 Å². The molecule has 0 radical (unpaired) electrons. The molecule has 0 amide bonds. The summed E-state index contributed by atoms with van der Waals surface area (Å²) in [5, 5.41) is 7.26. The zero-order valence-electron chi connectivity index (χ0n) is 18.7. The Morgan fingerprint density at radius 2 is 1.72 bits per heavy atom. The number of ether oxygens (including phenoxy) is 1. The van der Waals surface area contributed by atoms with E-state index < -0.39 is 0 Å². The van der Waals surface area contributed by atoms with Crippen molar-refractivity contribution in [3.05, 3.63) is 35.4 Å². The lowest BCUT2D eigenvalue weighted by atomic mass is 10.0. The molecule has 2 aliphatic rings. The van der Waals surface area contributed by atoms with Gasteiger partial charge < -0.3 is 20.3 Å². The second-order valence-corrected chi connectivity index (χ2v) is 8.58. The maximum absolute atomic E-state index is 5.58. The van der Waals surface area contributed by atoms with Gasteiger partial charge in [-0.1, -0.05) is 29.8 Å². The molecule has 1 unspecified atom stereocenters. The Morgan fingerprint density at radius 1 is 1.07 bits per heavy atom. The summed E-state index contributed by atoms with van der Waals surface area (Å²) in [6, 6.07) is 10.4. The Balaban J connectivity index is 1.57. The summed E-state index contributed by atoms with van der Waals surface area (Å²) in [5.41, 5.74) is 2.65. The molecule has 2 N–H and O–H groups in total. The summed E-state index contributed by atoms with van der Waals surface area (Å²) >= 11 is 0. The highest BCUT2D eigenvalue weighted by Crippen LogP contribution is 2.22. The first-order valence-electron chi connectivity index (χ1n) is 11.2. The van der Waals surface area contributed by atoms with Gasteiger partial charge in [-0.05, 0) is 39.2 Å². The average molecular weight is 402 g/mol. The molecule has 6 heteroatoms. The predicted molar refractivity (Wildman–Crippen MR) is 121 cm³/mol. The summed E-state index contributed by atoms with van der Waals surface area (Å²) in [5.74, 6) is 0.915. The second kappa shape index (κ2) is 11.0. The Hall–Kier alpha value is -1.63. The molecule has 29 heavy (non-hydrogen) atoms. The molecule has 2 saturated heterocycles. The highest BCUT2D eigenvalue weighted by Gasteiger charge is 2.24. The Bertz CT molecular complexity index is 631. The molecule has 2 aliphatic heterocycles. The van der Waals surface area contributed by atoms with Crippen LogP contribution in [-0.2, 0) is 4.74 Å². The van der Waals surface area contributed by atoms with Crippen LogP contribution >= 0.6 is 0 Å². The maximum Gasteiger partial charge on any atom is 0.191 e. The number of benzene rings is 1. The number of nitrogens with one attached hydrogen (secondary N) is 2. The number of piperidine rings is 1. The first kappa shape index (κ1) is 22.1. The van der Waals surface area contributed by atoms with Crippen LogP contribution in [0, 0.1) is 6.92 Å². The molecule has 2 heterocycles. The third-order valence-electron chi connectivity index (χ3n) is 6.24. The SMILES string of the molecule is CN=C(NCC(c1ccc(C)cc1)N1CCOCC1)NC1CCN(C(C)C)CC1. The van der Waals surface area contributed by atoms with Crippen molar-refractivity contribution in [3.8, 4) is 0 Å². The van der Waals surface area contributed by atoms with E-state index in [2.05, 4.69) is 70.5 Å². The van der Waals surface area contributed by atoms with Gasteiger partial charge in [0.1, 0.15) is 0 Å². The Labute approximate surface area is 176 Å². The van der Waals surface area contributed by atoms with E-state index in [1.165, 1.54) is 24.0 Å². The molecular formula is C23H39N5O. The van der Waals surface area contributed by atoms with Gasteiger partial charge in [-0.25, -0.2) is 0 Å². The summed E-state index contributed by atoms with van der Waals surface area (Å²) in [6.07, 6.45) is 2.34. The van der Waals surface area contributed by atoms with Crippen molar-refractivity contribution in [1.82, 2.24) is 20.4 Å². The lowest BCUT2D eigenvalue weighted by molar-refractivity contribution is 0.0170. The van der Waals surface area contributed by atoms with Gasteiger partial charge in [-0.15, -0.1) is 0 Å². The summed E-state index contributed by atoms with van der Waals surface area (Å²) in [6.45, 7) is 13.4. The van der Waals surface area contributed by atoms with Crippen LogP contribution < -0.4 is 10.6 Å². The van der Waals surface area contributed by atoms with E-state index >= 15 is 0 Å². The lowest BCUT2D eigenvalue weighted by Crippen LogP contribution is -2.51. The summed E-state index contributed by atoms with van der Waals surface area (Å²) in [4.78, 5) is 9.58. The van der Waals surface area contributed by atoms with Crippen LogP contribution in [0.2, 0.25) is 0 Å². The van der Waals surface area contributed by atoms with Crippen molar-refractivity contribution in [3.63, 3.8) is 0 Å². The number of nitrogens with zero attached hydrogens (tertiary/aromatic N) is 3. The van der Waals surface area contributed by atoms with E-state index in [9.17, 15) is 0 Å². The van der Waals surface area contributed by atoms with Gasteiger partial charge in [0.15, 0.2) is 5.96 Å². The molecule has 1 aromatic carbocycles. The number of hydrogen-bond acceptors (Lipinski definition) is 4. The fourth-order valence-corrected chi connectivity index (χ4v) is 4.28. The third-order valence-corrected chi connectivity index (χ3v) is 6.24. The largest absolute Gasteiger partial charge is 0.379 e. The molecule has 0 saturated carbocycles. The number of morpholine rings is 1.